The van der Waals surface area contributed by atoms with Gasteiger partial charge in [-0.05, 0) is 74.6 Å². The van der Waals surface area contributed by atoms with Crippen LogP contribution in [0, 0.1) is 34.6 Å². The number of hydrogen-bond acceptors (Lipinski definition) is 1. The van der Waals surface area contributed by atoms with Gasteiger partial charge in [-0.3, -0.25) is 0 Å². The quantitative estimate of drug-likeness (QED) is 0.516. The lowest BCUT2D eigenvalue weighted by Crippen LogP contribution is -1.98. The van der Waals surface area contributed by atoms with E-state index in [-0.39, 0.29) is 0 Å². The summed E-state index contributed by atoms with van der Waals surface area (Å²) in [7, 11) is 0. The third kappa shape index (κ3) is 2.63. The van der Waals surface area contributed by atoms with Crippen LogP contribution in [0.15, 0.2) is 4.90 Å². The minimum atomic E-state index is 1.25. The number of thioether (sulfide) groups is 1. The van der Waals surface area contributed by atoms with Gasteiger partial charge < -0.3 is 0 Å². The number of unbranched alkanes of at least 4 members (excludes halogenated alkanes) is 1. The second-order valence-corrected chi connectivity index (χ2v) is 5.76. The van der Waals surface area contributed by atoms with Gasteiger partial charge in [-0.25, -0.2) is 0 Å². The second-order valence-electron chi connectivity index (χ2n) is 4.66. The van der Waals surface area contributed by atoms with E-state index in [1.165, 1.54) is 51.3 Å². The summed E-state index contributed by atoms with van der Waals surface area (Å²) in [5, 5.41) is 0. The first-order valence-corrected chi connectivity index (χ1v) is 7.19. The van der Waals surface area contributed by atoms with Crippen LogP contribution < -0.4 is 0 Å². The van der Waals surface area contributed by atoms with Crippen LogP contribution in [-0.2, 0) is 0 Å². The summed E-state index contributed by atoms with van der Waals surface area (Å²) in [5.41, 5.74) is 7.39. The molecule has 0 fully saturated rings. The van der Waals surface area contributed by atoms with Gasteiger partial charge >= 0.3 is 0 Å². The Hall–Kier alpha value is -0.430. The Bertz CT molecular complexity index is 349. The van der Waals surface area contributed by atoms with Crippen LogP contribution in [0.4, 0.5) is 0 Å². The maximum absolute atomic E-state index is 2.27. The Morgan fingerprint density at radius 3 is 1.62 bits per heavy atom. The van der Waals surface area contributed by atoms with Crippen molar-refractivity contribution < 1.29 is 0 Å². The first kappa shape index (κ1) is 13.6. The van der Waals surface area contributed by atoms with Crippen molar-refractivity contribution in [1.29, 1.82) is 0 Å². The summed E-state index contributed by atoms with van der Waals surface area (Å²) in [6.07, 6.45) is 2.60. The van der Waals surface area contributed by atoms with Crippen LogP contribution in [0.1, 0.15) is 47.6 Å². The van der Waals surface area contributed by atoms with Crippen molar-refractivity contribution in [2.24, 2.45) is 0 Å². The fraction of sp³-hybridized carbons (Fsp3) is 0.600. The molecule has 0 aromatic heterocycles. The van der Waals surface area contributed by atoms with E-state index in [2.05, 4.69) is 41.5 Å². The molecule has 0 amide bonds. The molecule has 0 N–H and O–H groups in total. The number of rotatable bonds is 4. The summed E-state index contributed by atoms with van der Waals surface area (Å²) < 4.78 is 0. The van der Waals surface area contributed by atoms with E-state index in [0.29, 0.717) is 0 Å². The van der Waals surface area contributed by atoms with Gasteiger partial charge in [0.1, 0.15) is 0 Å². The lowest BCUT2D eigenvalue weighted by atomic mass is 9.95. The van der Waals surface area contributed by atoms with Gasteiger partial charge in [0, 0.05) is 4.90 Å². The molecule has 0 nitrogen and oxygen atoms in total. The van der Waals surface area contributed by atoms with Crippen molar-refractivity contribution >= 4 is 11.8 Å². The van der Waals surface area contributed by atoms with E-state index < -0.39 is 0 Å². The normalized spacial score (nSPS) is 10.9. The molecule has 0 bridgehead atoms. The zero-order chi connectivity index (χ0) is 12.3. The standard InChI is InChI=1S/C15H24S/c1-7-8-9-16-15-13(5)11(3)10(2)12(4)14(15)6/h7-9H2,1-6H3. The maximum atomic E-state index is 2.27. The summed E-state index contributed by atoms with van der Waals surface area (Å²) >= 11 is 2.04. The molecule has 0 aliphatic heterocycles. The van der Waals surface area contributed by atoms with Crippen LogP contribution in [0.2, 0.25) is 0 Å². The van der Waals surface area contributed by atoms with Crippen LogP contribution >= 0.6 is 11.8 Å². The lowest BCUT2D eigenvalue weighted by molar-refractivity contribution is 0.895. The summed E-state index contributed by atoms with van der Waals surface area (Å²) in [6, 6.07) is 0. The number of hydrogen-bond donors (Lipinski definition) is 0. The molecule has 1 aromatic carbocycles. The van der Waals surface area contributed by atoms with Gasteiger partial charge in [0.15, 0.2) is 0 Å². The zero-order valence-corrected chi connectivity index (χ0v) is 12.3. The van der Waals surface area contributed by atoms with Crippen molar-refractivity contribution in [3.8, 4) is 0 Å². The lowest BCUT2D eigenvalue weighted by Gasteiger charge is -2.18. The maximum Gasteiger partial charge on any atom is 0.0136 e. The highest BCUT2D eigenvalue weighted by atomic mass is 32.2. The Morgan fingerprint density at radius 2 is 1.19 bits per heavy atom. The van der Waals surface area contributed by atoms with E-state index in [1.807, 2.05) is 11.8 Å². The first-order valence-electron chi connectivity index (χ1n) is 6.20. The van der Waals surface area contributed by atoms with Crippen LogP contribution in [0.3, 0.4) is 0 Å². The predicted octanol–water partition coefficient (Wildman–Crippen LogP) is 5.12. The molecular weight excluding hydrogens is 212 g/mol. The molecular formula is C15H24S. The second kappa shape index (κ2) is 5.77. The van der Waals surface area contributed by atoms with Gasteiger partial charge in [-0.15, -0.1) is 11.8 Å². The first-order chi connectivity index (χ1) is 7.50. The highest BCUT2D eigenvalue weighted by molar-refractivity contribution is 7.99. The van der Waals surface area contributed by atoms with Crippen LogP contribution in [0.25, 0.3) is 0 Å². The third-order valence-corrected chi connectivity index (χ3v) is 5.07. The molecule has 0 saturated heterocycles. The average molecular weight is 236 g/mol. The molecule has 90 valence electrons. The van der Waals surface area contributed by atoms with Gasteiger partial charge in [0.25, 0.3) is 0 Å². The summed E-state index contributed by atoms with van der Waals surface area (Å²) in [4.78, 5) is 1.52. The molecule has 0 atom stereocenters. The van der Waals surface area contributed by atoms with Crippen molar-refractivity contribution in [3.05, 3.63) is 27.8 Å². The van der Waals surface area contributed by atoms with E-state index in [4.69, 9.17) is 0 Å². The van der Waals surface area contributed by atoms with Crippen molar-refractivity contribution in [2.45, 2.75) is 59.3 Å². The van der Waals surface area contributed by atoms with Crippen LogP contribution in [0.5, 0.6) is 0 Å². The third-order valence-electron chi connectivity index (χ3n) is 3.68. The Kier molecular flexibility index (Phi) is 4.91. The highest BCUT2D eigenvalue weighted by Gasteiger charge is 2.11. The van der Waals surface area contributed by atoms with Gasteiger partial charge in [-0.2, -0.15) is 0 Å². The van der Waals surface area contributed by atoms with Crippen LogP contribution in [-0.4, -0.2) is 5.75 Å². The zero-order valence-electron chi connectivity index (χ0n) is 11.5. The molecule has 0 unspecified atom stereocenters. The molecule has 0 heterocycles. The Labute approximate surface area is 105 Å². The van der Waals surface area contributed by atoms with E-state index in [1.54, 1.807) is 0 Å². The summed E-state index contributed by atoms with van der Waals surface area (Å²) in [6.45, 7) is 13.5. The van der Waals surface area contributed by atoms with E-state index in [0.717, 1.165) is 0 Å². The average Bonchev–Trinajstić information content (AvgIpc) is 2.28. The van der Waals surface area contributed by atoms with Gasteiger partial charge in [0.2, 0.25) is 0 Å². The Morgan fingerprint density at radius 1 is 0.750 bits per heavy atom. The fourth-order valence-electron chi connectivity index (χ4n) is 2.00. The molecule has 0 aliphatic carbocycles. The molecule has 0 saturated carbocycles. The minimum Gasteiger partial charge on any atom is -0.126 e. The molecule has 0 spiro atoms. The smallest absolute Gasteiger partial charge is 0.0136 e. The predicted molar refractivity (Wildman–Crippen MR) is 75.8 cm³/mol. The van der Waals surface area contributed by atoms with Crippen molar-refractivity contribution in [3.63, 3.8) is 0 Å². The topological polar surface area (TPSA) is 0 Å². The molecule has 1 rings (SSSR count). The van der Waals surface area contributed by atoms with Crippen molar-refractivity contribution in [2.75, 3.05) is 5.75 Å². The van der Waals surface area contributed by atoms with E-state index >= 15 is 0 Å². The summed E-state index contributed by atoms with van der Waals surface area (Å²) in [5.74, 6) is 1.25. The number of benzene rings is 1. The monoisotopic (exact) mass is 236 g/mol. The highest BCUT2D eigenvalue weighted by Crippen LogP contribution is 2.33. The Balaban J connectivity index is 3.08. The largest absolute Gasteiger partial charge is 0.126 e. The molecule has 1 aromatic rings. The minimum absolute atomic E-state index is 1.25. The molecule has 1 heteroatoms. The van der Waals surface area contributed by atoms with E-state index in [9.17, 15) is 0 Å². The SMILES string of the molecule is CCCCSc1c(C)c(C)c(C)c(C)c1C. The molecule has 0 aliphatic rings. The van der Waals surface area contributed by atoms with Gasteiger partial charge in [0.05, 0.1) is 0 Å². The fourth-order valence-corrected chi connectivity index (χ4v) is 3.38. The van der Waals surface area contributed by atoms with Gasteiger partial charge in [-0.1, -0.05) is 13.3 Å². The van der Waals surface area contributed by atoms with Crippen molar-refractivity contribution in [1.82, 2.24) is 0 Å². The molecule has 0 radical (unpaired) electrons. The molecule has 16 heavy (non-hydrogen) atoms.